The minimum absolute atomic E-state index is 0.108. The fourth-order valence-electron chi connectivity index (χ4n) is 12.5. The Balaban J connectivity index is 0.000000181. The molecule has 9 N–H and O–H groups in total. The van der Waals surface area contributed by atoms with E-state index in [9.17, 15) is 4.79 Å². The Bertz CT molecular complexity index is 3930. The number of fused-ring (bicyclic) bond motifs is 2. The van der Waals surface area contributed by atoms with Crippen LogP contribution in [0.25, 0.3) is 32.4 Å². The summed E-state index contributed by atoms with van der Waals surface area (Å²) in [6.07, 6.45) is 6.43. The molecule has 0 saturated carbocycles. The van der Waals surface area contributed by atoms with Crippen LogP contribution in [0.4, 0.5) is 32.2 Å². The highest BCUT2D eigenvalue weighted by Gasteiger charge is 2.39. The summed E-state index contributed by atoms with van der Waals surface area (Å²) in [4.78, 5) is 29.9. The average Bonchev–Trinajstić information content (AvgIpc) is 1.61. The van der Waals surface area contributed by atoms with Crippen molar-refractivity contribution in [1.29, 1.82) is 5.26 Å². The molecule has 3 fully saturated rings. The summed E-state index contributed by atoms with van der Waals surface area (Å²) >= 11 is 23.1. The van der Waals surface area contributed by atoms with Crippen molar-refractivity contribution in [1.82, 2.24) is 39.4 Å². The van der Waals surface area contributed by atoms with Crippen LogP contribution >= 0.6 is 68.8 Å². The minimum atomic E-state index is -0.413. The summed E-state index contributed by atoms with van der Waals surface area (Å²) in [5, 5.41) is 35.3. The quantitative estimate of drug-likeness (QED) is 0.0597. The molecule has 0 aliphatic carbocycles. The molecule has 96 heavy (non-hydrogen) atoms. The molecular weight excluding hydrogens is 1330 g/mol. The zero-order chi connectivity index (χ0) is 71.0. The van der Waals surface area contributed by atoms with Gasteiger partial charge in [0.15, 0.2) is 11.6 Å². The molecule has 3 aliphatic heterocycles. The molecule has 3 saturated heterocycles. The summed E-state index contributed by atoms with van der Waals surface area (Å²) in [7, 11) is 1.60. The molecule has 0 spiro atoms. The third kappa shape index (κ3) is 21.4. The molecule has 3 unspecified atom stereocenters. The molecule has 5 aromatic heterocycles. The van der Waals surface area contributed by atoms with Gasteiger partial charge in [0.25, 0.3) is 0 Å². The highest BCUT2D eigenvalue weighted by Crippen LogP contribution is 2.44. The molecule has 3 aliphatic rings. The van der Waals surface area contributed by atoms with Crippen LogP contribution in [-0.2, 0) is 9.53 Å². The monoisotopic (exact) mass is 1430 g/mol. The van der Waals surface area contributed by atoms with Gasteiger partial charge in [-0.3, -0.25) is 4.79 Å². The van der Waals surface area contributed by atoms with Gasteiger partial charge in [0, 0.05) is 62.4 Å². The largest absolute Gasteiger partial charge is 0.495 e. The van der Waals surface area contributed by atoms with Crippen LogP contribution in [0.3, 0.4) is 0 Å². The van der Waals surface area contributed by atoms with E-state index in [1.54, 1.807) is 40.4 Å². The summed E-state index contributed by atoms with van der Waals surface area (Å²) in [6.45, 7) is 41.0. The van der Waals surface area contributed by atoms with Gasteiger partial charge in [-0.25, -0.2) is 9.97 Å². The highest BCUT2D eigenvalue weighted by molar-refractivity contribution is 7.20. The number of nitrogens with one attached hydrogen (secondary N) is 1. The number of ether oxygens (including phenoxy) is 2. The zero-order valence-electron chi connectivity index (χ0n) is 59.3. The van der Waals surface area contributed by atoms with Gasteiger partial charge in [0.2, 0.25) is 30.4 Å². The summed E-state index contributed by atoms with van der Waals surface area (Å²) < 4.78 is 13.9. The van der Waals surface area contributed by atoms with Gasteiger partial charge in [-0.15, -0.1) is 20.4 Å². The predicted octanol–water partition coefficient (Wildman–Crippen LogP) is 16.6. The predicted molar refractivity (Wildman–Crippen MR) is 403 cm³/mol. The number of para-hydroxylation sites is 1. The first-order valence-electron chi connectivity index (χ1n) is 32.7. The lowest BCUT2D eigenvalue weighted by atomic mass is 9.77. The molecule has 20 nitrogen and oxygen atoms in total. The first-order valence-corrected chi connectivity index (χ1v) is 36.3. The van der Waals surface area contributed by atoms with Crippen LogP contribution in [0.5, 0.6) is 5.75 Å². The van der Waals surface area contributed by atoms with Crippen LogP contribution in [0.15, 0.2) is 72.8 Å². The van der Waals surface area contributed by atoms with Gasteiger partial charge in [-0.1, -0.05) is 180 Å². The number of rotatable bonds is 15. The molecule has 0 bridgehead atoms. The number of nitrogens with two attached hydrogens (primary N) is 4. The molecule has 8 aromatic rings. The number of carbonyl (C=O) groups excluding carboxylic acids is 1. The van der Waals surface area contributed by atoms with Crippen molar-refractivity contribution in [3.05, 3.63) is 87.9 Å². The Labute approximate surface area is 595 Å². The Morgan fingerprint density at radius 1 is 0.625 bits per heavy atom. The first kappa shape index (κ1) is 77.1. The Hall–Kier alpha value is -6.23. The molecule has 0 radical (unpaired) electrons. The standard InChI is InChI=1S/C24H35ClN6S.C16H19ClN6S.C14H24N4O2S.C9H17N.C7H7ClO/c1-22(2,3)13-23(4,5)28-19-18(16-9-7-8-10-17(16)25)27-20-31(19)29-21(32-20)30-12-11-24(6,14-26)15-30;1-16(8-18)6-7-22(9-16)15-21-23-13(19)12(20-14(23)24-15)10-4-2-3-5-11(10)17;1-13(2,3)20-10(19)5-6-14(4)7-8-18(9-14)12-17-16-11(15)21-12;1-8(2,3)6-9(4,5)7-10;1-9-7-5-3-2-4-6(7)8/h7-10,28H,11-15,26H2,1-6H3;2-5H,6-9,18-19H2,1H3;5-9H2,1-4H3,(H2,15,16);6H2,1-5H3;2-5H,1H3. The van der Waals surface area contributed by atoms with E-state index in [0.29, 0.717) is 51.2 Å². The number of anilines is 6. The van der Waals surface area contributed by atoms with Crippen LogP contribution < -0.4 is 47.7 Å². The summed E-state index contributed by atoms with van der Waals surface area (Å²) in [5.41, 5.74) is 27.2. The smallest absolute Gasteiger partial charge is 0.306 e. The summed E-state index contributed by atoms with van der Waals surface area (Å²) in [5.74, 6) is 2.01. The van der Waals surface area contributed by atoms with E-state index in [0.717, 1.165) is 131 Å². The van der Waals surface area contributed by atoms with Crippen LogP contribution in [0.2, 0.25) is 15.1 Å². The van der Waals surface area contributed by atoms with Gasteiger partial charge in [-0.2, -0.15) is 14.3 Å². The van der Waals surface area contributed by atoms with Crippen molar-refractivity contribution >= 4 is 117 Å². The van der Waals surface area contributed by atoms with E-state index < -0.39 is 5.60 Å². The number of nitriles is 1. The van der Waals surface area contributed by atoms with Gasteiger partial charge >= 0.3 is 5.97 Å². The first-order chi connectivity index (χ1) is 44.7. The van der Waals surface area contributed by atoms with Crippen molar-refractivity contribution in [2.45, 2.75) is 167 Å². The van der Waals surface area contributed by atoms with Crippen molar-refractivity contribution < 1.29 is 14.3 Å². The molecular formula is C70H102Cl3N17O3S3. The van der Waals surface area contributed by atoms with Gasteiger partial charge in [0.05, 0.1) is 33.7 Å². The third-order valence-corrected chi connectivity index (χ3v) is 20.4. The second kappa shape index (κ2) is 31.3. The van der Waals surface area contributed by atoms with Gasteiger partial charge in [0.1, 0.15) is 22.7 Å². The number of halogens is 3. The maximum atomic E-state index is 11.8. The van der Waals surface area contributed by atoms with E-state index in [2.05, 4.69) is 123 Å². The van der Waals surface area contributed by atoms with Crippen molar-refractivity contribution in [3.63, 3.8) is 0 Å². The SMILES string of the molecule is CC(C)(C)CC(C)(C)C#N.CC(C)(C)CC(C)(C)Nc1c(-c2ccccc2Cl)nc2sc(N3CCC(C)(CN)C3)nn12.CC1(CCC(=O)OC(C)(C)C)CCN(c2nnc(N)s2)C1.CC1(CN)CCN(c2nn3c(N)c(-c4ccccc4Cl)nc3s2)C1.COc1ccccc1Cl. The Morgan fingerprint density at radius 2 is 1.08 bits per heavy atom. The molecule has 524 valence electrons. The molecule has 0 amide bonds. The van der Waals surface area contributed by atoms with Gasteiger partial charge < -0.3 is 52.4 Å². The van der Waals surface area contributed by atoms with Crippen LogP contribution in [-0.4, -0.2) is 116 Å². The van der Waals surface area contributed by atoms with E-state index in [1.165, 1.54) is 11.3 Å². The Morgan fingerprint density at radius 3 is 1.51 bits per heavy atom. The number of carbonyl (C=O) groups is 1. The van der Waals surface area contributed by atoms with Gasteiger partial charge in [-0.05, 0) is 151 Å². The summed E-state index contributed by atoms with van der Waals surface area (Å²) in [6, 6.07) is 25.1. The maximum Gasteiger partial charge on any atom is 0.306 e. The number of benzene rings is 3. The maximum absolute atomic E-state index is 11.8. The molecule has 26 heteroatoms. The fraction of sp³-hybridized carbons (Fsp3) is 0.571. The van der Waals surface area contributed by atoms with E-state index in [-0.39, 0.29) is 44.0 Å². The number of esters is 1. The number of methoxy groups -OCH3 is 1. The van der Waals surface area contributed by atoms with Crippen molar-refractivity contribution in [2.24, 2.45) is 44.0 Å². The second-order valence-electron chi connectivity index (χ2n) is 31.3. The van der Waals surface area contributed by atoms with Crippen molar-refractivity contribution in [2.75, 3.05) is 91.0 Å². The zero-order valence-corrected chi connectivity index (χ0v) is 64.0. The van der Waals surface area contributed by atoms with Crippen LogP contribution in [0, 0.1) is 43.8 Å². The fourth-order valence-corrected chi connectivity index (χ4v) is 15.6. The lowest BCUT2D eigenvalue weighted by Gasteiger charge is -2.34. The number of nitrogen functional groups attached to an aromatic ring is 2. The van der Waals surface area contributed by atoms with Crippen molar-refractivity contribution in [3.8, 4) is 34.3 Å². The normalized spacial score (nSPS) is 19.0. The van der Waals surface area contributed by atoms with E-state index in [1.807, 2.05) is 106 Å². The molecule has 3 aromatic carbocycles. The van der Waals surface area contributed by atoms with Crippen LogP contribution in [0.1, 0.15) is 156 Å². The molecule has 11 rings (SSSR count). The molecule has 3 atom stereocenters. The van der Waals surface area contributed by atoms with E-state index >= 15 is 0 Å². The van der Waals surface area contributed by atoms with E-state index in [4.69, 9.17) is 82.6 Å². The minimum Gasteiger partial charge on any atom is -0.495 e. The Kier molecular flexibility index (Phi) is 25.2. The average molecular weight is 1430 g/mol. The second-order valence-corrected chi connectivity index (χ2v) is 35.3. The lowest BCUT2D eigenvalue weighted by molar-refractivity contribution is -0.155. The molecule has 8 heterocycles. The number of hydrogen-bond donors (Lipinski definition) is 5. The highest BCUT2D eigenvalue weighted by atomic mass is 35.5. The number of aromatic nitrogens is 8. The third-order valence-electron chi connectivity index (χ3n) is 16.7. The topological polar surface area (TPSA) is 271 Å². The number of nitrogens with zero attached hydrogens (tertiary/aromatic N) is 12. The number of imidazole rings is 2. The lowest BCUT2D eigenvalue weighted by Crippen LogP contribution is -2.36. The number of hydrogen-bond acceptors (Lipinski definition) is 21.